The predicted octanol–water partition coefficient (Wildman–Crippen LogP) is -1.07. The van der Waals surface area contributed by atoms with E-state index in [4.69, 9.17) is 11.5 Å². The zero-order valence-corrected chi connectivity index (χ0v) is 13.5. The van der Waals surface area contributed by atoms with E-state index in [2.05, 4.69) is 4.98 Å². The molecule has 0 unspecified atom stereocenters. The van der Waals surface area contributed by atoms with Crippen molar-refractivity contribution in [2.75, 3.05) is 31.1 Å². The summed E-state index contributed by atoms with van der Waals surface area (Å²) in [6.07, 6.45) is 2.01. The van der Waals surface area contributed by atoms with Crippen molar-refractivity contribution in [2.45, 2.75) is 25.0 Å². The molecule has 1 aliphatic heterocycles. The summed E-state index contributed by atoms with van der Waals surface area (Å²) in [5.74, 6) is -0.0867. The Morgan fingerprint density at radius 1 is 1.21 bits per heavy atom. The normalized spacial score (nSPS) is 27.3. The average Bonchev–Trinajstić information content (AvgIpc) is 2.93. The molecule has 8 nitrogen and oxygen atoms in total. The summed E-state index contributed by atoms with van der Waals surface area (Å²) in [7, 11) is 0. The highest BCUT2D eigenvalue weighted by Crippen LogP contribution is 2.27. The molecule has 24 heavy (non-hydrogen) atoms. The van der Waals surface area contributed by atoms with Gasteiger partial charge >= 0.3 is 0 Å². The standard InChI is InChI=1S/C16H23N5O3/c17-12-8-10(9-13(12)22)16(24)21-6-4-20(5-7-21)15-11(14(18)23)2-1-3-19-15/h1-3,10,12-13,22H,4-9,17H2,(H2,18,23)/t10-,12+,13+/m0/s1. The van der Waals surface area contributed by atoms with Crippen molar-refractivity contribution >= 4 is 17.6 Å². The van der Waals surface area contributed by atoms with Crippen molar-refractivity contribution < 1.29 is 14.7 Å². The van der Waals surface area contributed by atoms with Crippen LogP contribution < -0.4 is 16.4 Å². The Morgan fingerprint density at radius 3 is 2.50 bits per heavy atom. The van der Waals surface area contributed by atoms with Gasteiger partial charge in [0.15, 0.2) is 0 Å². The fraction of sp³-hybridized carbons (Fsp3) is 0.562. The van der Waals surface area contributed by atoms with Crippen LogP contribution in [0.4, 0.5) is 5.82 Å². The van der Waals surface area contributed by atoms with Gasteiger partial charge < -0.3 is 26.4 Å². The van der Waals surface area contributed by atoms with Crippen LogP contribution in [0.3, 0.4) is 0 Å². The minimum absolute atomic E-state index is 0.0535. The van der Waals surface area contributed by atoms with Gasteiger partial charge in [0.1, 0.15) is 5.82 Å². The lowest BCUT2D eigenvalue weighted by Crippen LogP contribution is -2.50. The molecule has 2 fully saturated rings. The van der Waals surface area contributed by atoms with Gasteiger partial charge in [-0.2, -0.15) is 0 Å². The van der Waals surface area contributed by atoms with Crippen LogP contribution in [-0.4, -0.2) is 65.1 Å². The van der Waals surface area contributed by atoms with Crippen molar-refractivity contribution in [3.8, 4) is 0 Å². The van der Waals surface area contributed by atoms with Crippen molar-refractivity contribution in [3.63, 3.8) is 0 Å². The number of carbonyl (C=O) groups excluding carboxylic acids is 2. The number of aromatic nitrogens is 1. The number of aliphatic hydroxyl groups excluding tert-OH is 1. The maximum atomic E-state index is 12.6. The van der Waals surface area contributed by atoms with Crippen LogP contribution in [0.5, 0.6) is 0 Å². The Kier molecular flexibility index (Phi) is 4.68. The Balaban J connectivity index is 1.62. The molecule has 2 amide bonds. The zero-order chi connectivity index (χ0) is 17.3. The maximum absolute atomic E-state index is 12.6. The molecule has 1 saturated heterocycles. The average molecular weight is 333 g/mol. The van der Waals surface area contributed by atoms with Gasteiger partial charge in [-0.25, -0.2) is 4.98 Å². The van der Waals surface area contributed by atoms with E-state index in [-0.39, 0.29) is 17.9 Å². The largest absolute Gasteiger partial charge is 0.391 e. The molecule has 5 N–H and O–H groups in total. The van der Waals surface area contributed by atoms with Crippen molar-refractivity contribution in [3.05, 3.63) is 23.9 Å². The number of carbonyl (C=O) groups is 2. The summed E-state index contributed by atoms with van der Waals surface area (Å²) in [4.78, 5) is 32.1. The third-order valence-corrected chi connectivity index (χ3v) is 4.87. The number of aliphatic hydroxyl groups is 1. The molecule has 2 aliphatic rings. The highest BCUT2D eigenvalue weighted by atomic mass is 16.3. The smallest absolute Gasteiger partial charge is 0.252 e. The number of amides is 2. The lowest BCUT2D eigenvalue weighted by Gasteiger charge is -2.37. The molecule has 2 heterocycles. The second-order valence-electron chi connectivity index (χ2n) is 6.45. The van der Waals surface area contributed by atoms with Gasteiger partial charge in [0, 0.05) is 44.3 Å². The van der Waals surface area contributed by atoms with Crippen molar-refractivity contribution in [1.29, 1.82) is 0 Å². The molecule has 3 rings (SSSR count). The molecule has 0 bridgehead atoms. The molecule has 130 valence electrons. The van der Waals surface area contributed by atoms with E-state index in [1.807, 2.05) is 4.90 Å². The summed E-state index contributed by atoms with van der Waals surface area (Å²) in [5, 5.41) is 9.73. The highest BCUT2D eigenvalue weighted by molar-refractivity contribution is 5.97. The van der Waals surface area contributed by atoms with Crippen LogP contribution in [0.25, 0.3) is 0 Å². The van der Waals surface area contributed by atoms with Crippen molar-refractivity contribution in [2.24, 2.45) is 17.4 Å². The fourth-order valence-corrected chi connectivity index (χ4v) is 3.49. The van der Waals surface area contributed by atoms with Crippen LogP contribution in [0, 0.1) is 5.92 Å². The van der Waals surface area contributed by atoms with Crippen molar-refractivity contribution in [1.82, 2.24) is 9.88 Å². The molecule has 3 atom stereocenters. The van der Waals surface area contributed by atoms with E-state index in [1.54, 1.807) is 23.2 Å². The van der Waals surface area contributed by atoms with Crippen LogP contribution in [0.15, 0.2) is 18.3 Å². The number of piperazine rings is 1. The number of hydrogen-bond donors (Lipinski definition) is 3. The molecule has 1 aliphatic carbocycles. The third kappa shape index (κ3) is 3.20. The van der Waals surface area contributed by atoms with Gasteiger partial charge in [-0.05, 0) is 25.0 Å². The number of hydrogen-bond acceptors (Lipinski definition) is 6. The summed E-state index contributed by atoms with van der Waals surface area (Å²) in [6, 6.07) is 3.02. The van der Waals surface area contributed by atoms with Crippen LogP contribution in [0.2, 0.25) is 0 Å². The monoisotopic (exact) mass is 333 g/mol. The van der Waals surface area contributed by atoms with E-state index in [0.717, 1.165) is 0 Å². The molecular weight excluding hydrogens is 310 g/mol. The topological polar surface area (TPSA) is 126 Å². The molecule has 1 aromatic rings. The van der Waals surface area contributed by atoms with E-state index in [9.17, 15) is 14.7 Å². The quantitative estimate of drug-likeness (QED) is 0.646. The number of nitrogens with zero attached hydrogens (tertiary/aromatic N) is 3. The summed E-state index contributed by atoms with van der Waals surface area (Å²) >= 11 is 0. The lowest BCUT2D eigenvalue weighted by molar-refractivity contribution is -0.135. The molecule has 1 aromatic heterocycles. The number of anilines is 1. The SMILES string of the molecule is NC(=O)c1cccnc1N1CCN(C(=O)[C@H]2C[C@@H](N)[C@H](O)C2)CC1. The first-order valence-electron chi connectivity index (χ1n) is 8.19. The van der Waals surface area contributed by atoms with Gasteiger partial charge in [0.25, 0.3) is 5.91 Å². The first-order chi connectivity index (χ1) is 11.5. The fourth-order valence-electron chi connectivity index (χ4n) is 3.49. The molecule has 0 spiro atoms. The van der Waals surface area contributed by atoms with Gasteiger partial charge in [-0.15, -0.1) is 0 Å². The first kappa shape index (κ1) is 16.7. The second-order valence-corrected chi connectivity index (χ2v) is 6.45. The van der Waals surface area contributed by atoms with Crippen LogP contribution >= 0.6 is 0 Å². The van der Waals surface area contributed by atoms with E-state index >= 15 is 0 Å². The number of nitrogens with two attached hydrogens (primary N) is 2. The Labute approximate surface area is 140 Å². The summed E-state index contributed by atoms with van der Waals surface area (Å²) < 4.78 is 0. The lowest BCUT2D eigenvalue weighted by atomic mass is 10.1. The molecule has 0 aromatic carbocycles. The van der Waals surface area contributed by atoms with Gasteiger partial charge in [-0.1, -0.05) is 0 Å². The highest BCUT2D eigenvalue weighted by Gasteiger charge is 2.37. The van der Waals surface area contributed by atoms with Crippen LogP contribution in [0.1, 0.15) is 23.2 Å². The van der Waals surface area contributed by atoms with E-state index < -0.39 is 12.0 Å². The number of primary amides is 1. The number of pyridine rings is 1. The Morgan fingerprint density at radius 2 is 1.92 bits per heavy atom. The summed E-state index contributed by atoms with van der Waals surface area (Å²) in [5.41, 5.74) is 11.6. The maximum Gasteiger partial charge on any atom is 0.252 e. The Bertz CT molecular complexity index is 620. The molecule has 8 heteroatoms. The molecular formula is C16H23N5O3. The van der Waals surface area contributed by atoms with Gasteiger partial charge in [0.05, 0.1) is 11.7 Å². The predicted molar refractivity (Wildman–Crippen MR) is 88.3 cm³/mol. The van der Waals surface area contributed by atoms with Gasteiger partial charge in [0.2, 0.25) is 5.91 Å². The zero-order valence-electron chi connectivity index (χ0n) is 13.5. The minimum Gasteiger partial charge on any atom is -0.391 e. The molecule has 1 saturated carbocycles. The van der Waals surface area contributed by atoms with E-state index in [1.165, 1.54) is 0 Å². The van der Waals surface area contributed by atoms with Crippen LogP contribution in [-0.2, 0) is 4.79 Å². The van der Waals surface area contributed by atoms with Gasteiger partial charge in [-0.3, -0.25) is 9.59 Å². The second kappa shape index (κ2) is 6.74. The number of rotatable bonds is 3. The van der Waals surface area contributed by atoms with E-state index in [0.29, 0.717) is 50.4 Å². The minimum atomic E-state index is -0.591. The third-order valence-electron chi connectivity index (χ3n) is 4.87. The first-order valence-corrected chi connectivity index (χ1v) is 8.19. The summed E-state index contributed by atoms with van der Waals surface area (Å²) in [6.45, 7) is 2.28. The molecule has 0 radical (unpaired) electrons. The Hall–Kier alpha value is -2.19.